The standard InChI is InChI=1S/C14H24N2O3S/c1-11(2)16(9-10-17)20(18,19)14-7-5-13(6-8-14)12(3)15-4/h5-8,11-12,15,17H,9-10H2,1-4H3. The van der Waals surface area contributed by atoms with Crippen LogP contribution in [0.15, 0.2) is 29.2 Å². The zero-order chi connectivity index (χ0) is 15.3. The lowest BCUT2D eigenvalue weighted by molar-refractivity contribution is 0.236. The van der Waals surface area contributed by atoms with E-state index in [4.69, 9.17) is 5.11 Å². The number of hydrogen-bond acceptors (Lipinski definition) is 4. The molecule has 0 aliphatic rings. The van der Waals surface area contributed by atoms with Gasteiger partial charge < -0.3 is 10.4 Å². The van der Waals surface area contributed by atoms with Crippen molar-refractivity contribution < 1.29 is 13.5 Å². The molecule has 0 amide bonds. The van der Waals surface area contributed by atoms with Gasteiger partial charge in [0.15, 0.2) is 0 Å². The molecule has 0 saturated heterocycles. The van der Waals surface area contributed by atoms with Gasteiger partial charge in [0.1, 0.15) is 0 Å². The molecule has 1 aromatic rings. The summed E-state index contributed by atoms with van der Waals surface area (Å²) in [5, 5.41) is 12.1. The molecule has 0 saturated carbocycles. The average molecular weight is 300 g/mol. The Kier molecular flexibility index (Phi) is 6.13. The van der Waals surface area contributed by atoms with Crippen molar-refractivity contribution in [3.63, 3.8) is 0 Å². The quantitative estimate of drug-likeness (QED) is 0.798. The molecule has 0 radical (unpaired) electrons. The number of nitrogens with zero attached hydrogens (tertiary/aromatic N) is 1. The lowest BCUT2D eigenvalue weighted by Crippen LogP contribution is -2.38. The third-order valence-electron chi connectivity index (χ3n) is 3.32. The molecule has 0 fully saturated rings. The summed E-state index contributed by atoms with van der Waals surface area (Å²) < 4.78 is 26.3. The van der Waals surface area contributed by atoms with Gasteiger partial charge in [0.05, 0.1) is 11.5 Å². The maximum absolute atomic E-state index is 12.5. The zero-order valence-electron chi connectivity index (χ0n) is 12.5. The fraction of sp³-hybridized carbons (Fsp3) is 0.571. The molecule has 1 unspecified atom stereocenters. The maximum Gasteiger partial charge on any atom is 0.243 e. The SMILES string of the molecule is CNC(C)c1ccc(S(=O)(=O)N(CCO)C(C)C)cc1. The molecule has 0 aromatic heterocycles. The van der Waals surface area contributed by atoms with Crippen LogP contribution in [0.25, 0.3) is 0 Å². The fourth-order valence-corrected chi connectivity index (χ4v) is 3.61. The molecule has 6 heteroatoms. The van der Waals surface area contributed by atoms with Crippen LogP contribution in [-0.4, -0.2) is 44.1 Å². The first-order chi connectivity index (χ1) is 9.34. The van der Waals surface area contributed by atoms with E-state index in [1.807, 2.05) is 26.1 Å². The summed E-state index contributed by atoms with van der Waals surface area (Å²) in [5.41, 5.74) is 1.03. The molecule has 1 atom stereocenters. The Morgan fingerprint density at radius 1 is 1.20 bits per heavy atom. The predicted molar refractivity (Wildman–Crippen MR) is 80.0 cm³/mol. The number of rotatable bonds is 7. The first-order valence-corrected chi connectivity index (χ1v) is 8.18. The number of benzene rings is 1. The van der Waals surface area contributed by atoms with Crippen LogP contribution < -0.4 is 5.32 Å². The van der Waals surface area contributed by atoms with Gasteiger partial charge in [-0.05, 0) is 45.5 Å². The van der Waals surface area contributed by atoms with Crippen molar-refractivity contribution in [2.75, 3.05) is 20.2 Å². The summed E-state index contributed by atoms with van der Waals surface area (Å²) in [7, 11) is -1.70. The maximum atomic E-state index is 12.5. The van der Waals surface area contributed by atoms with Crippen molar-refractivity contribution in [3.8, 4) is 0 Å². The van der Waals surface area contributed by atoms with E-state index in [-0.39, 0.29) is 30.1 Å². The van der Waals surface area contributed by atoms with Crippen LogP contribution in [0.3, 0.4) is 0 Å². The molecule has 0 heterocycles. The Morgan fingerprint density at radius 2 is 1.75 bits per heavy atom. The molecule has 0 bridgehead atoms. The number of sulfonamides is 1. The van der Waals surface area contributed by atoms with Crippen LogP contribution in [-0.2, 0) is 10.0 Å². The second-order valence-electron chi connectivity index (χ2n) is 5.01. The van der Waals surface area contributed by atoms with Crippen LogP contribution in [0.4, 0.5) is 0 Å². The van der Waals surface area contributed by atoms with Crippen molar-refractivity contribution in [1.82, 2.24) is 9.62 Å². The monoisotopic (exact) mass is 300 g/mol. The summed E-state index contributed by atoms with van der Waals surface area (Å²) >= 11 is 0. The molecule has 5 nitrogen and oxygen atoms in total. The van der Waals surface area contributed by atoms with E-state index in [0.29, 0.717) is 0 Å². The van der Waals surface area contributed by atoms with E-state index in [0.717, 1.165) is 5.56 Å². The Labute approximate surface area is 121 Å². The third kappa shape index (κ3) is 3.79. The molecule has 1 rings (SSSR count). The Morgan fingerprint density at radius 3 is 2.15 bits per heavy atom. The number of nitrogens with one attached hydrogen (secondary N) is 1. The van der Waals surface area contributed by atoms with Crippen LogP contribution in [0.1, 0.15) is 32.4 Å². The average Bonchev–Trinajstić information content (AvgIpc) is 2.43. The Hall–Kier alpha value is -0.950. The molecule has 1 aromatic carbocycles. The minimum absolute atomic E-state index is 0.106. The van der Waals surface area contributed by atoms with Gasteiger partial charge in [-0.2, -0.15) is 4.31 Å². The van der Waals surface area contributed by atoms with Gasteiger partial charge in [0.2, 0.25) is 10.0 Å². The number of hydrogen-bond donors (Lipinski definition) is 2. The minimum atomic E-state index is -3.56. The summed E-state index contributed by atoms with van der Waals surface area (Å²) in [6.07, 6.45) is 0. The largest absolute Gasteiger partial charge is 0.395 e. The van der Waals surface area contributed by atoms with Crippen molar-refractivity contribution in [2.45, 2.75) is 37.8 Å². The van der Waals surface area contributed by atoms with Crippen LogP contribution in [0.5, 0.6) is 0 Å². The molecular formula is C14H24N2O3S. The highest BCUT2D eigenvalue weighted by Crippen LogP contribution is 2.20. The fourth-order valence-electron chi connectivity index (χ4n) is 1.99. The molecule has 0 aliphatic heterocycles. The molecule has 114 valence electrons. The highest BCUT2D eigenvalue weighted by molar-refractivity contribution is 7.89. The van der Waals surface area contributed by atoms with E-state index in [9.17, 15) is 8.42 Å². The summed E-state index contributed by atoms with van der Waals surface area (Å²) in [6, 6.07) is 6.83. The minimum Gasteiger partial charge on any atom is -0.395 e. The summed E-state index contributed by atoms with van der Waals surface area (Å²) in [6.45, 7) is 5.52. The van der Waals surface area contributed by atoms with Gasteiger partial charge in [-0.15, -0.1) is 0 Å². The van der Waals surface area contributed by atoms with E-state index >= 15 is 0 Å². The van der Waals surface area contributed by atoms with E-state index in [2.05, 4.69) is 5.32 Å². The highest BCUT2D eigenvalue weighted by Gasteiger charge is 2.26. The number of aliphatic hydroxyl groups is 1. The van der Waals surface area contributed by atoms with Crippen molar-refractivity contribution >= 4 is 10.0 Å². The van der Waals surface area contributed by atoms with Crippen LogP contribution in [0, 0.1) is 0 Å². The van der Waals surface area contributed by atoms with Gasteiger partial charge in [0, 0.05) is 18.6 Å². The van der Waals surface area contributed by atoms with E-state index in [1.165, 1.54) is 4.31 Å². The third-order valence-corrected chi connectivity index (χ3v) is 5.41. The predicted octanol–water partition coefficient (Wildman–Crippen LogP) is 1.36. The molecular weight excluding hydrogens is 276 g/mol. The normalized spacial score (nSPS) is 13.9. The number of aliphatic hydroxyl groups excluding tert-OH is 1. The first-order valence-electron chi connectivity index (χ1n) is 6.74. The Balaban J connectivity index is 3.08. The first kappa shape index (κ1) is 17.1. The molecule has 2 N–H and O–H groups in total. The highest BCUT2D eigenvalue weighted by atomic mass is 32.2. The molecule has 0 aliphatic carbocycles. The molecule has 0 spiro atoms. The van der Waals surface area contributed by atoms with Gasteiger partial charge >= 0.3 is 0 Å². The zero-order valence-corrected chi connectivity index (χ0v) is 13.3. The second kappa shape index (κ2) is 7.17. The van der Waals surface area contributed by atoms with Crippen molar-refractivity contribution in [1.29, 1.82) is 0 Å². The van der Waals surface area contributed by atoms with Crippen LogP contribution >= 0.6 is 0 Å². The van der Waals surface area contributed by atoms with E-state index in [1.54, 1.807) is 26.0 Å². The van der Waals surface area contributed by atoms with Crippen molar-refractivity contribution in [3.05, 3.63) is 29.8 Å². The summed E-state index contributed by atoms with van der Waals surface area (Å²) in [5.74, 6) is 0. The summed E-state index contributed by atoms with van der Waals surface area (Å²) in [4.78, 5) is 0.256. The van der Waals surface area contributed by atoms with E-state index < -0.39 is 10.0 Å². The van der Waals surface area contributed by atoms with Gasteiger partial charge in [-0.25, -0.2) is 8.42 Å². The topological polar surface area (TPSA) is 69.6 Å². The van der Waals surface area contributed by atoms with Crippen molar-refractivity contribution in [2.24, 2.45) is 0 Å². The van der Waals surface area contributed by atoms with Gasteiger partial charge in [-0.1, -0.05) is 12.1 Å². The van der Waals surface area contributed by atoms with Crippen LogP contribution in [0.2, 0.25) is 0 Å². The van der Waals surface area contributed by atoms with Gasteiger partial charge in [0.25, 0.3) is 0 Å². The smallest absolute Gasteiger partial charge is 0.243 e. The second-order valence-corrected chi connectivity index (χ2v) is 6.90. The van der Waals surface area contributed by atoms with Gasteiger partial charge in [-0.3, -0.25) is 0 Å². The lowest BCUT2D eigenvalue weighted by atomic mass is 10.1. The molecule has 20 heavy (non-hydrogen) atoms. The lowest BCUT2D eigenvalue weighted by Gasteiger charge is -2.25. The Bertz CT molecular complexity index is 512.